The lowest BCUT2D eigenvalue weighted by Gasteiger charge is -2.21. The standard InChI is InChI=1S/C21H18FN5O2/c1-11-15-7-13(22)3-4-16(15)27-19(28)18(11)21(5-6-21)20(29)26-12(2)17-10-24-14(8-23)9-25-17/h3-4,7,9-10,12H,5-6H2,1-2H3,(H,26,29)(H,27,28)/t12-/m0/s1. The summed E-state index contributed by atoms with van der Waals surface area (Å²) in [5.41, 5.74) is 0.964. The molecule has 0 bridgehead atoms. The smallest absolute Gasteiger partial charge is 0.252 e. The molecule has 0 saturated heterocycles. The third kappa shape index (κ3) is 3.14. The number of fused-ring (bicyclic) bond motifs is 1. The Morgan fingerprint density at radius 3 is 2.72 bits per heavy atom. The molecule has 3 aromatic rings. The second-order valence-electron chi connectivity index (χ2n) is 7.36. The van der Waals surface area contributed by atoms with Gasteiger partial charge in [0.1, 0.15) is 11.9 Å². The molecule has 1 saturated carbocycles. The van der Waals surface area contributed by atoms with Crippen molar-refractivity contribution >= 4 is 16.8 Å². The van der Waals surface area contributed by atoms with E-state index in [0.717, 1.165) is 0 Å². The first-order valence-corrected chi connectivity index (χ1v) is 9.21. The number of halogens is 1. The van der Waals surface area contributed by atoms with Gasteiger partial charge in [-0.15, -0.1) is 0 Å². The number of hydrogen-bond acceptors (Lipinski definition) is 5. The van der Waals surface area contributed by atoms with Gasteiger partial charge in [-0.3, -0.25) is 14.6 Å². The summed E-state index contributed by atoms with van der Waals surface area (Å²) >= 11 is 0. The Morgan fingerprint density at radius 1 is 1.34 bits per heavy atom. The highest BCUT2D eigenvalue weighted by atomic mass is 19.1. The summed E-state index contributed by atoms with van der Waals surface area (Å²) in [7, 11) is 0. The van der Waals surface area contributed by atoms with Gasteiger partial charge < -0.3 is 10.3 Å². The minimum atomic E-state index is -0.938. The molecule has 1 aliphatic carbocycles. The van der Waals surface area contributed by atoms with E-state index in [1.54, 1.807) is 13.8 Å². The van der Waals surface area contributed by atoms with Gasteiger partial charge in [-0.2, -0.15) is 5.26 Å². The highest BCUT2D eigenvalue weighted by Crippen LogP contribution is 2.49. The lowest BCUT2D eigenvalue weighted by molar-refractivity contribution is -0.124. The van der Waals surface area contributed by atoms with Gasteiger partial charge >= 0.3 is 0 Å². The van der Waals surface area contributed by atoms with Crippen LogP contribution in [0.25, 0.3) is 10.9 Å². The number of aryl methyl sites for hydroxylation is 1. The van der Waals surface area contributed by atoms with Gasteiger partial charge in [0.25, 0.3) is 5.56 Å². The molecule has 2 N–H and O–H groups in total. The SMILES string of the molecule is Cc1c(C2(C(=O)N[C@@H](C)c3cnc(C#N)cn3)CC2)c(=O)[nH]c2ccc(F)cc12. The van der Waals surface area contributed by atoms with E-state index in [1.165, 1.54) is 30.6 Å². The molecule has 1 amide bonds. The summed E-state index contributed by atoms with van der Waals surface area (Å²) in [5, 5.41) is 12.3. The number of carbonyl (C=O) groups excluding carboxylic acids is 1. The van der Waals surface area contributed by atoms with E-state index in [4.69, 9.17) is 5.26 Å². The van der Waals surface area contributed by atoms with Gasteiger partial charge in [0.15, 0.2) is 5.69 Å². The fraction of sp³-hybridized carbons (Fsp3) is 0.286. The average Bonchev–Trinajstić information content (AvgIpc) is 3.50. The number of aromatic amines is 1. The van der Waals surface area contributed by atoms with Gasteiger partial charge in [0.05, 0.1) is 29.5 Å². The molecule has 0 radical (unpaired) electrons. The van der Waals surface area contributed by atoms with Crippen molar-refractivity contribution in [3.63, 3.8) is 0 Å². The second-order valence-corrected chi connectivity index (χ2v) is 7.36. The minimum Gasteiger partial charge on any atom is -0.347 e. The van der Waals surface area contributed by atoms with E-state index in [1.807, 2.05) is 6.07 Å². The molecule has 1 aromatic carbocycles. The van der Waals surface area contributed by atoms with E-state index in [2.05, 4.69) is 20.3 Å². The van der Waals surface area contributed by atoms with Crippen molar-refractivity contribution in [3.05, 3.63) is 69.3 Å². The predicted molar refractivity (Wildman–Crippen MR) is 103 cm³/mol. The van der Waals surface area contributed by atoms with Gasteiger partial charge in [-0.05, 0) is 50.5 Å². The predicted octanol–water partition coefficient (Wildman–Crippen LogP) is 2.55. The Kier molecular flexibility index (Phi) is 4.38. The molecule has 2 aromatic heterocycles. The number of benzene rings is 1. The van der Waals surface area contributed by atoms with E-state index >= 15 is 0 Å². The zero-order valence-corrected chi connectivity index (χ0v) is 15.9. The van der Waals surface area contributed by atoms with Crippen molar-refractivity contribution < 1.29 is 9.18 Å². The van der Waals surface area contributed by atoms with Crippen LogP contribution in [0.4, 0.5) is 4.39 Å². The third-order valence-electron chi connectivity index (χ3n) is 5.48. The molecule has 1 atom stereocenters. The zero-order valence-electron chi connectivity index (χ0n) is 15.9. The number of carbonyl (C=O) groups is 1. The number of nitrogens with zero attached hydrogens (tertiary/aromatic N) is 3. The Hall–Kier alpha value is -3.60. The maximum atomic E-state index is 13.7. The van der Waals surface area contributed by atoms with Crippen molar-refractivity contribution in [1.29, 1.82) is 5.26 Å². The number of amides is 1. The number of hydrogen-bond donors (Lipinski definition) is 2. The van der Waals surface area contributed by atoms with E-state index in [0.29, 0.717) is 40.6 Å². The van der Waals surface area contributed by atoms with Gasteiger partial charge in [0.2, 0.25) is 5.91 Å². The summed E-state index contributed by atoms with van der Waals surface area (Å²) < 4.78 is 13.7. The highest BCUT2D eigenvalue weighted by molar-refractivity contribution is 5.94. The van der Waals surface area contributed by atoms with Crippen LogP contribution >= 0.6 is 0 Å². The van der Waals surface area contributed by atoms with Crippen molar-refractivity contribution in [3.8, 4) is 6.07 Å². The molecule has 1 aliphatic rings. The average molecular weight is 391 g/mol. The van der Waals surface area contributed by atoms with Gasteiger partial charge in [-0.25, -0.2) is 9.37 Å². The monoisotopic (exact) mass is 391 g/mol. The normalized spacial score (nSPS) is 15.5. The Labute approximate surface area is 165 Å². The van der Waals surface area contributed by atoms with Crippen LogP contribution in [-0.2, 0) is 10.2 Å². The summed E-state index contributed by atoms with van der Waals surface area (Å²) in [6, 6.07) is 5.63. The summed E-state index contributed by atoms with van der Waals surface area (Å²) in [4.78, 5) is 36.8. The van der Waals surface area contributed by atoms with Gasteiger partial charge in [-0.1, -0.05) is 0 Å². The molecule has 4 rings (SSSR count). The van der Waals surface area contributed by atoms with E-state index in [-0.39, 0.29) is 17.2 Å². The van der Waals surface area contributed by atoms with Crippen LogP contribution in [0, 0.1) is 24.1 Å². The molecule has 0 unspecified atom stereocenters. The van der Waals surface area contributed by atoms with Crippen molar-refractivity contribution in [2.24, 2.45) is 0 Å². The van der Waals surface area contributed by atoms with Crippen LogP contribution in [0.1, 0.15) is 48.3 Å². The molecule has 146 valence electrons. The second kappa shape index (κ2) is 6.78. The fourth-order valence-corrected chi connectivity index (χ4v) is 3.75. The first-order chi connectivity index (χ1) is 13.9. The van der Waals surface area contributed by atoms with Crippen molar-refractivity contribution in [1.82, 2.24) is 20.3 Å². The number of pyridine rings is 1. The molecular formula is C21H18FN5O2. The number of rotatable bonds is 4. The summed E-state index contributed by atoms with van der Waals surface area (Å²) in [6.07, 6.45) is 3.86. The molecule has 0 spiro atoms. The van der Waals surface area contributed by atoms with Crippen molar-refractivity contribution in [2.45, 2.75) is 38.1 Å². The fourth-order valence-electron chi connectivity index (χ4n) is 3.75. The van der Waals surface area contributed by atoms with Crippen LogP contribution in [0.3, 0.4) is 0 Å². The Bertz CT molecular complexity index is 1220. The highest BCUT2D eigenvalue weighted by Gasteiger charge is 2.54. The molecular weight excluding hydrogens is 373 g/mol. The summed E-state index contributed by atoms with van der Waals surface area (Å²) in [5.74, 6) is -0.679. The maximum Gasteiger partial charge on any atom is 0.252 e. The van der Waals surface area contributed by atoms with Crippen LogP contribution < -0.4 is 10.9 Å². The van der Waals surface area contributed by atoms with Crippen LogP contribution in [0.15, 0.2) is 35.4 Å². The molecule has 29 heavy (non-hydrogen) atoms. The summed E-state index contributed by atoms with van der Waals surface area (Å²) in [6.45, 7) is 3.51. The first kappa shape index (κ1) is 18.7. The van der Waals surface area contributed by atoms with Crippen LogP contribution in [-0.4, -0.2) is 20.9 Å². The topological polar surface area (TPSA) is 112 Å². The molecule has 2 heterocycles. The lowest BCUT2D eigenvalue weighted by Crippen LogP contribution is -2.40. The number of H-pyrrole nitrogens is 1. The molecule has 0 aliphatic heterocycles. The van der Waals surface area contributed by atoms with Crippen molar-refractivity contribution in [2.75, 3.05) is 0 Å². The molecule has 7 nitrogen and oxygen atoms in total. The third-order valence-corrected chi connectivity index (χ3v) is 5.48. The van der Waals surface area contributed by atoms with E-state index < -0.39 is 17.3 Å². The van der Waals surface area contributed by atoms with Crippen LogP contribution in [0.5, 0.6) is 0 Å². The number of nitrogens with one attached hydrogen (secondary N) is 2. The number of aromatic nitrogens is 3. The lowest BCUT2D eigenvalue weighted by atomic mass is 9.90. The van der Waals surface area contributed by atoms with E-state index in [9.17, 15) is 14.0 Å². The quantitative estimate of drug-likeness (QED) is 0.710. The first-order valence-electron chi connectivity index (χ1n) is 9.21. The zero-order chi connectivity index (χ0) is 20.8. The Balaban J connectivity index is 1.67. The maximum absolute atomic E-state index is 13.7. The number of nitriles is 1. The largest absolute Gasteiger partial charge is 0.347 e. The Morgan fingerprint density at radius 2 is 2.10 bits per heavy atom. The molecule has 1 fully saturated rings. The van der Waals surface area contributed by atoms with Gasteiger partial charge in [0, 0.05) is 16.5 Å². The minimum absolute atomic E-state index is 0.191. The van der Waals surface area contributed by atoms with Crippen LogP contribution in [0.2, 0.25) is 0 Å². The molecule has 8 heteroatoms.